The van der Waals surface area contributed by atoms with Gasteiger partial charge in [0, 0.05) is 26.0 Å². The number of aromatic nitrogens is 4. The van der Waals surface area contributed by atoms with Gasteiger partial charge in [-0.2, -0.15) is 23.4 Å². The minimum atomic E-state index is -4.70. The van der Waals surface area contributed by atoms with E-state index in [1.165, 1.54) is 7.05 Å². The maximum atomic E-state index is 12.9. The molecule has 1 aliphatic rings. The zero-order valence-corrected chi connectivity index (χ0v) is 13.5. The van der Waals surface area contributed by atoms with Gasteiger partial charge in [-0.3, -0.25) is 14.2 Å². The average molecular weight is 362 g/mol. The Bertz CT molecular complexity index is 740. The van der Waals surface area contributed by atoms with Gasteiger partial charge in [0.1, 0.15) is 10.7 Å². The number of carbonyl (C=O) groups excluding carboxylic acids is 1. The molecule has 0 unspecified atom stereocenters. The van der Waals surface area contributed by atoms with Gasteiger partial charge in [-0.1, -0.05) is 11.6 Å². The van der Waals surface area contributed by atoms with Crippen molar-refractivity contribution in [3.05, 3.63) is 34.9 Å². The number of alkyl halides is 3. The number of amides is 1. The van der Waals surface area contributed by atoms with E-state index in [-0.39, 0.29) is 11.7 Å². The van der Waals surface area contributed by atoms with Crippen LogP contribution in [0, 0.1) is 0 Å². The SMILES string of the molecule is Cn1nc(C(F)(F)F)c(Cl)c1C(=O)N1CCC[C@H]1Cn1cccn1. The molecule has 0 radical (unpaired) electrons. The average Bonchev–Trinajstić information content (AvgIpc) is 3.20. The van der Waals surface area contributed by atoms with E-state index in [9.17, 15) is 18.0 Å². The molecule has 24 heavy (non-hydrogen) atoms. The van der Waals surface area contributed by atoms with E-state index in [1.54, 1.807) is 28.0 Å². The topological polar surface area (TPSA) is 56.0 Å². The number of hydrogen-bond donors (Lipinski definition) is 0. The van der Waals surface area contributed by atoms with Crippen LogP contribution < -0.4 is 0 Å². The molecule has 6 nitrogen and oxygen atoms in total. The molecule has 2 aromatic rings. The molecule has 10 heteroatoms. The van der Waals surface area contributed by atoms with Gasteiger partial charge in [0.05, 0.1) is 12.6 Å². The summed E-state index contributed by atoms with van der Waals surface area (Å²) in [6.07, 6.45) is 0.244. The first-order valence-electron chi connectivity index (χ1n) is 7.37. The van der Waals surface area contributed by atoms with Gasteiger partial charge in [-0.05, 0) is 18.9 Å². The molecule has 0 bridgehead atoms. The first kappa shape index (κ1) is 16.8. The van der Waals surface area contributed by atoms with Gasteiger partial charge in [0.2, 0.25) is 0 Å². The molecule has 0 aliphatic carbocycles. The molecule has 1 saturated heterocycles. The van der Waals surface area contributed by atoms with Crippen molar-refractivity contribution in [1.82, 2.24) is 24.5 Å². The van der Waals surface area contributed by atoms with E-state index in [1.807, 2.05) is 0 Å². The van der Waals surface area contributed by atoms with Crippen LogP contribution in [0.4, 0.5) is 13.2 Å². The van der Waals surface area contributed by atoms with Crippen LogP contribution in [0.3, 0.4) is 0 Å². The first-order chi connectivity index (χ1) is 11.3. The van der Waals surface area contributed by atoms with E-state index in [4.69, 9.17) is 11.6 Å². The minimum Gasteiger partial charge on any atom is -0.332 e. The summed E-state index contributed by atoms with van der Waals surface area (Å²) in [5.41, 5.74) is -1.48. The molecule has 2 aromatic heterocycles. The summed E-state index contributed by atoms with van der Waals surface area (Å²) in [7, 11) is 1.28. The molecule has 1 atom stereocenters. The number of likely N-dealkylation sites (tertiary alicyclic amines) is 1. The summed E-state index contributed by atoms with van der Waals surface area (Å²) in [4.78, 5) is 14.3. The number of halogens is 4. The van der Waals surface area contributed by atoms with Crippen molar-refractivity contribution in [2.24, 2.45) is 7.05 Å². The third-order valence-corrected chi connectivity index (χ3v) is 4.41. The molecule has 0 spiro atoms. The van der Waals surface area contributed by atoms with Crippen molar-refractivity contribution in [3.8, 4) is 0 Å². The Kier molecular flexibility index (Phi) is 4.29. The molecule has 1 aliphatic heterocycles. The van der Waals surface area contributed by atoms with E-state index in [2.05, 4.69) is 10.2 Å². The Morgan fingerprint density at radius 1 is 1.46 bits per heavy atom. The van der Waals surface area contributed by atoms with Crippen LogP contribution in [0.15, 0.2) is 18.5 Å². The highest BCUT2D eigenvalue weighted by molar-refractivity contribution is 6.34. The van der Waals surface area contributed by atoms with Gasteiger partial charge in [-0.15, -0.1) is 0 Å². The van der Waals surface area contributed by atoms with Crippen LogP contribution in [-0.2, 0) is 19.8 Å². The van der Waals surface area contributed by atoms with Crippen molar-refractivity contribution in [2.45, 2.75) is 31.6 Å². The molecule has 1 fully saturated rings. The molecule has 1 amide bonds. The van der Waals surface area contributed by atoms with Gasteiger partial charge in [0.15, 0.2) is 5.69 Å². The maximum absolute atomic E-state index is 12.9. The lowest BCUT2D eigenvalue weighted by Crippen LogP contribution is -2.39. The lowest BCUT2D eigenvalue weighted by molar-refractivity contribution is -0.141. The molecular formula is C14H15ClF3N5O. The van der Waals surface area contributed by atoms with E-state index >= 15 is 0 Å². The molecule has 130 valence electrons. The van der Waals surface area contributed by atoms with Gasteiger partial charge < -0.3 is 4.90 Å². The molecule has 0 N–H and O–H groups in total. The van der Waals surface area contributed by atoms with E-state index < -0.39 is 22.8 Å². The standard InChI is InChI=1S/C14H15ClF3N5O/c1-21-11(10(15)12(20-21)14(16,17)18)13(24)23-7-2-4-9(23)8-22-6-3-5-19-22/h3,5-6,9H,2,4,7-8H2,1H3/t9-/m0/s1. The summed E-state index contributed by atoms with van der Waals surface area (Å²) in [6.45, 7) is 0.952. The van der Waals surface area contributed by atoms with Crippen LogP contribution in [-0.4, -0.2) is 43.0 Å². The summed E-state index contributed by atoms with van der Waals surface area (Å²) in [5.74, 6) is -0.542. The summed E-state index contributed by atoms with van der Waals surface area (Å²) in [6, 6.07) is 1.63. The fraction of sp³-hybridized carbons (Fsp3) is 0.500. The van der Waals surface area contributed by atoms with Crippen LogP contribution in [0.5, 0.6) is 0 Å². The fourth-order valence-electron chi connectivity index (χ4n) is 2.96. The Balaban J connectivity index is 1.87. The summed E-state index contributed by atoms with van der Waals surface area (Å²) in [5, 5.41) is 6.82. The number of aryl methyl sites for hydroxylation is 1. The summed E-state index contributed by atoms with van der Waals surface area (Å²) < 4.78 is 41.3. The van der Waals surface area contributed by atoms with Crippen molar-refractivity contribution in [2.75, 3.05) is 6.54 Å². The Morgan fingerprint density at radius 2 is 2.21 bits per heavy atom. The van der Waals surface area contributed by atoms with Crippen LogP contribution in [0.1, 0.15) is 29.0 Å². The predicted octanol–water partition coefficient (Wildman–Crippen LogP) is 2.59. The molecule has 0 aromatic carbocycles. The van der Waals surface area contributed by atoms with Crippen molar-refractivity contribution >= 4 is 17.5 Å². The van der Waals surface area contributed by atoms with Crippen LogP contribution in [0.2, 0.25) is 5.02 Å². The predicted molar refractivity (Wildman–Crippen MR) is 79.5 cm³/mol. The van der Waals surface area contributed by atoms with Gasteiger partial charge >= 0.3 is 6.18 Å². The van der Waals surface area contributed by atoms with Gasteiger partial charge in [0.25, 0.3) is 5.91 Å². The minimum absolute atomic E-state index is 0.141. The quantitative estimate of drug-likeness (QED) is 0.844. The molecule has 3 heterocycles. The van der Waals surface area contributed by atoms with Crippen LogP contribution >= 0.6 is 11.6 Å². The highest BCUT2D eigenvalue weighted by atomic mass is 35.5. The summed E-state index contributed by atoms with van der Waals surface area (Å²) >= 11 is 5.81. The van der Waals surface area contributed by atoms with Crippen molar-refractivity contribution in [1.29, 1.82) is 0 Å². The normalized spacial score (nSPS) is 18.4. The highest BCUT2D eigenvalue weighted by Crippen LogP contribution is 2.36. The lowest BCUT2D eigenvalue weighted by Gasteiger charge is -2.24. The monoisotopic (exact) mass is 361 g/mol. The molecule has 0 saturated carbocycles. The largest absolute Gasteiger partial charge is 0.436 e. The third kappa shape index (κ3) is 3.00. The first-order valence-corrected chi connectivity index (χ1v) is 7.75. The second-order valence-electron chi connectivity index (χ2n) is 5.66. The zero-order chi connectivity index (χ0) is 17.5. The van der Waals surface area contributed by atoms with Crippen LogP contribution in [0.25, 0.3) is 0 Å². The fourth-order valence-corrected chi connectivity index (χ4v) is 3.31. The lowest BCUT2D eigenvalue weighted by atomic mass is 10.2. The second kappa shape index (κ2) is 6.12. The van der Waals surface area contributed by atoms with Crippen molar-refractivity contribution < 1.29 is 18.0 Å². The third-order valence-electron chi connectivity index (χ3n) is 4.06. The molecular weight excluding hydrogens is 347 g/mol. The zero-order valence-electron chi connectivity index (χ0n) is 12.8. The smallest absolute Gasteiger partial charge is 0.332 e. The van der Waals surface area contributed by atoms with Gasteiger partial charge in [-0.25, -0.2) is 0 Å². The van der Waals surface area contributed by atoms with E-state index in [0.717, 1.165) is 17.5 Å². The highest BCUT2D eigenvalue weighted by Gasteiger charge is 2.41. The number of carbonyl (C=O) groups is 1. The van der Waals surface area contributed by atoms with E-state index in [0.29, 0.717) is 13.1 Å². The Labute approximate surface area is 140 Å². The number of rotatable bonds is 3. The number of hydrogen-bond acceptors (Lipinski definition) is 3. The Hall–Kier alpha value is -2.03. The second-order valence-corrected chi connectivity index (χ2v) is 6.03. The number of nitrogens with zero attached hydrogens (tertiary/aromatic N) is 5. The van der Waals surface area contributed by atoms with Crippen molar-refractivity contribution in [3.63, 3.8) is 0 Å². The Morgan fingerprint density at radius 3 is 2.79 bits per heavy atom. The molecule has 3 rings (SSSR count). The maximum Gasteiger partial charge on any atom is 0.436 e.